The zero-order valence-electron chi connectivity index (χ0n) is 9.04. The molecule has 1 aliphatic rings. The van der Waals surface area contributed by atoms with Gasteiger partial charge in [-0.1, -0.05) is 0 Å². The average Bonchev–Trinajstić information content (AvgIpc) is 2.64. The van der Waals surface area contributed by atoms with Gasteiger partial charge in [0.2, 0.25) is 5.91 Å². The van der Waals surface area contributed by atoms with Gasteiger partial charge in [-0.05, 0) is 12.8 Å². The van der Waals surface area contributed by atoms with Gasteiger partial charge < -0.3 is 14.7 Å². The summed E-state index contributed by atoms with van der Waals surface area (Å²) in [5, 5.41) is 7.00. The first-order chi connectivity index (χ1) is 6.14. The second-order valence-corrected chi connectivity index (χ2v) is 2.73. The predicted octanol–water partition coefficient (Wildman–Crippen LogP) is 0.500. The molecule has 1 rings (SSSR count). The van der Waals surface area contributed by atoms with Crippen LogP contribution in [0, 0.1) is 0 Å². The fraction of sp³-hybridized carbons (Fsp3) is 0.889. The molecule has 0 unspecified atom stereocenters. The molecular formula is C9H21NO3. The first kappa shape index (κ1) is 14.9. The summed E-state index contributed by atoms with van der Waals surface area (Å²) in [5.41, 5.74) is 0. The van der Waals surface area contributed by atoms with E-state index in [1.807, 2.05) is 0 Å². The minimum absolute atomic E-state index is 0.0926. The molecule has 0 spiro atoms. The third-order valence-electron chi connectivity index (χ3n) is 1.46. The van der Waals surface area contributed by atoms with Crippen LogP contribution in [0.15, 0.2) is 0 Å². The minimum atomic E-state index is 0.0926. The van der Waals surface area contributed by atoms with E-state index in [-0.39, 0.29) is 5.91 Å². The summed E-state index contributed by atoms with van der Waals surface area (Å²) < 4.78 is 4.94. The third-order valence-corrected chi connectivity index (χ3v) is 1.46. The lowest BCUT2D eigenvalue weighted by atomic mass is 10.4. The molecule has 0 bridgehead atoms. The Balaban J connectivity index is 0. The van der Waals surface area contributed by atoms with Gasteiger partial charge in [0.1, 0.15) is 0 Å². The molecule has 0 aromatic carbocycles. The Hall–Kier alpha value is -0.610. The van der Waals surface area contributed by atoms with Crippen LogP contribution in [0.3, 0.4) is 0 Å². The Morgan fingerprint density at radius 1 is 1.23 bits per heavy atom. The zero-order chi connectivity index (χ0) is 10.7. The van der Waals surface area contributed by atoms with Crippen molar-refractivity contribution in [3.05, 3.63) is 0 Å². The van der Waals surface area contributed by atoms with Crippen LogP contribution < -0.4 is 0 Å². The van der Waals surface area contributed by atoms with Crippen LogP contribution in [0.25, 0.3) is 0 Å². The lowest BCUT2D eigenvalue weighted by Crippen LogP contribution is -2.17. The van der Waals surface area contributed by atoms with Crippen LogP contribution in [-0.2, 0) is 9.53 Å². The van der Waals surface area contributed by atoms with Crippen LogP contribution in [0.1, 0.15) is 19.8 Å². The molecule has 1 aliphatic heterocycles. The number of amides is 1. The van der Waals surface area contributed by atoms with E-state index in [0.29, 0.717) is 0 Å². The molecule has 1 N–H and O–H groups in total. The number of nitrogens with zero attached hydrogens (tertiary/aromatic N) is 1. The van der Waals surface area contributed by atoms with Gasteiger partial charge in [-0.25, -0.2) is 0 Å². The molecule has 1 saturated heterocycles. The lowest BCUT2D eigenvalue weighted by molar-refractivity contribution is -0.126. The maximum atomic E-state index is 10.1. The number of carbonyl (C=O) groups is 1. The molecule has 0 aromatic heterocycles. The lowest BCUT2D eigenvalue weighted by Gasteiger charge is -2.02. The molecule has 13 heavy (non-hydrogen) atoms. The van der Waals surface area contributed by atoms with Gasteiger partial charge in [-0.3, -0.25) is 4.79 Å². The van der Waals surface area contributed by atoms with E-state index < -0.39 is 0 Å². The number of carbonyl (C=O) groups excluding carboxylic acids is 1. The van der Waals surface area contributed by atoms with Crippen molar-refractivity contribution < 1.29 is 14.6 Å². The fourth-order valence-electron chi connectivity index (χ4n) is 0.510. The van der Waals surface area contributed by atoms with E-state index in [2.05, 4.69) is 0 Å². The van der Waals surface area contributed by atoms with E-state index >= 15 is 0 Å². The second kappa shape index (κ2) is 11.4. The summed E-state index contributed by atoms with van der Waals surface area (Å²) in [4.78, 5) is 11.6. The summed E-state index contributed by atoms with van der Waals surface area (Å²) in [5.74, 6) is 0.0926. The monoisotopic (exact) mass is 191 g/mol. The predicted molar refractivity (Wildman–Crippen MR) is 52.6 cm³/mol. The molecule has 80 valence electrons. The number of hydrogen-bond donors (Lipinski definition) is 1. The van der Waals surface area contributed by atoms with E-state index in [1.165, 1.54) is 24.7 Å². The van der Waals surface area contributed by atoms with Crippen LogP contribution in [0.5, 0.6) is 0 Å². The number of aliphatic hydroxyl groups excluding tert-OH is 1. The van der Waals surface area contributed by atoms with Crippen LogP contribution in [0.4, 0.5) is 0 Å². The molecule has 0 aromatic rings. The van der Waals surface area contributed by atoms with Gasteiger partial charge in [0.25, 0.3) is 0 Å². The quantitative estimate of drug-likeness (QED) is 0.606. The van der Waals surface area contributed by atoms with E-state index in [9.17, 15) is 4.79 Å². The van der Waals surface area contributed by atoms with Crippen molar-refractivity contribution in [3.8, 4) is 0 Å². The van der Waals surface area contributed by atoms with Crippen LogP contribution in [0.2, 0.25) is 0 Å². The molecule has 1 amide bonds. The van der Waals surface area contributed by atoms with Crippen molar-refractivity contribution in [3.63, 3.8) is 0 Å². The number of ether oxygens (including phenoxy) is 1. The summed E-state index contributed by atoms with van der Waals surface area (Å²) in [6, 6.07) is 0. The van der Waals surface area contributed by atoms with Crippen LogP contribution >= 0.6 is 0 Å². The van der Waals surface area contributed by atoms with Crippen molar-refractivity contribution in [1.82, 2.24) is 4.90 Å². The molecule has 0 aliphatic carbocycles. The summed E-state index contributed by atoms with van der Waals surface area (Å²) >= 11 is 0. The van der Waals surface area contributed by atoms with Gasteiger partial charge in [-0.2, -0.15) is 0 Å². The van der Waals surface area contributed by atoms with E-state index in [1.54, 1.807) is 14.1 Å². The third kappa shape index (κ3) is 14.3. The van der Waals surface area contributed by atoms with Gasteiger partial charge in [0.05, 0.1) is 0 Å². The van der Waals surface area contributed by atoms with Gasteiger partial charge in [0.15, 0.2) is 0 Å². The molecule has 0 radical (unpaired) electrons. The summed E-state index contributed by atoms with van der Waals surface area (Å²) in [6.07, 6.45) is 2.56. The van der Waals surface area contributed by atoms with Crippen molar-refractivity contribution in [1.29, 1.82) is 0 Å². The molecule has 4 heteroatoms. The Morgan fingerprint density at radius 2 is 1.54 bits per heavy atom. The summed E-state index contributed by atoms with van der Waals surface area (Å²) in [7, 11) is 4.45. The fourth-order valence-corrected chi connectivity index (χ4v) is 0.510. The largest absolute Gasteiger partial charge is 0.400 e. The second-order valence-electron chi connectivity index (χ2n) is 2.73. The van der Waals surface area contributed by atoms with Crippen molar-refractivity contribution in [2.75, 3.05) is 34.4 Å². The summed E-state index contributed by atoms with van der Waals surface area (Å²) in [6.45, 7) is 3.53. The zero-order valence-corrected chi connectivity index (χ0v) is 9.04. The number of rotatable bonds is 0. The maximum Gasteiger partial charge on any atom is 0.218 e. The van der Waals surface area contributed by atoms with Crippen molar-refractivity contribution in [2.24, 2.45) is 0 Å². The molecule has 4 nitrogen and oxygen atoms in total. The maximum absolute atomic E-state index is 10.1. The molecule has 1 fully saturated rings. The number of hydrogen-bond acceptors (Lipinski definition) is 3. The minimum Gasteiger partial charge on any atom is -0.400 e. The van der Waals surface area contributed by atoms with Crippen molar-refractivity contribution >= 4 is 5.91 Å². The highest BCUT2D eigenvalue weighted by Gasteiger charge is 1.94. The Labute approximate surface area is 80.5 Å². The highest BCUT2D eigenvalue weighted by atomic mass is 16.5. The molecule has 0 atom stereocenters. The van der Waals surface area contributed by atoms with Gasteiger partial charge >= 0.3 is 0 Å². The van der Waals surface area contributed by atoms with Crippen LogP contribution in [-0.4, -0.2) is 50.3 Å². The molecule has 1 heterocycles. The Kier molecular flexibility index (Phi) is 13.0. The first-order valence-corrected chi connectivity index (χ1v) is 4.35. The van der Waals surface area contributed by atoms with Gasteiger partial charge in [0, 0.05) is 41.3 Å². The highest BCUT2D eigenvalue weighted by Crippen LogP contribution is 1.98. The molecular weight excluding hydrogens is 170 g/mol. The van der Waals surface area contributed by atoms with Gasteiger partial charge in [-0.15, -0.1) is 0 Å². The highest BCUT2D eigenvalue weighted by molar-refractivity contribution is 5.72. The normalized spacial score (nSPS) is 13.3. The number of aliphatic hydroxyl groups is 1. The standard InChI is InChI=1S/C4H9NO.C4H8O.CH4O/c1-4(6)5(2)3;1-2-4-5-3-1;1-2/h1-3H3;1-4H2;2H,1H3. The SMILES string of the molecule is C1CCOC1.CC(=O)N(C)C.CO. The average molecular weight is 191 g/mol. The smallest absolute Gasteiger partial charge is 0.218 e. The topological polar surface area (TPSA) is 49.8 Å². The Morgan fingerprint density at radius 3 is 1.62 bits per heavy atom. The Bertz CT molecular complexity index is 104. The van der Waals surface area contributed by atoms with E-state index in [0.717, 1.165) is 20.3 Å². The van der Waals surface area contributed by atoms with Crippen molar-refractivity contribution in [2.45, 2.75) is 19.8 Å². The molecule has 0 saturated carbocycles. The first-order valence-electron chi connectivity index (χ1n) is 4.35. The van der Waals surface area contributed by atoms with E-state index in [4.69, 9.17) is 9.84 Å².